The maximum absolute atomic E-state index is 15.6. The lowest BCUT2D eigenvalue weighted by Crippen LogP contribution is -2.64. The van der Waals surface area contributed by atoms with Crippen LogP contribution < -0.4 is 16.4 Å². The third kappa shape index (κ3) is 11.3. The van der Waals surface area contributed by atoms with E-state index in [4.69, 9.17) is 10.5 Å². The standard InChI is InChI=1S/C45H62N4O6/c1-6-8-26-45(38-25-17-23-36-22-15-16-24-37(36)38,49(42(52)32(5)46)44(54)55-30-34-20-13-10-14-21-34)43(53)48-39(27-33-18-11-9-12-19-33)40(50)28-35(7-2)41(51)47-29-31(3)4/h10,13-17,20-25,28,31-33,39-40,50H,6-9,11-12,18-19,26-27,29-30,46H2,1-5H3,(H,47,51)(H,48,53)/t32-,39-,40-,45+/m0/s1. The number of nitrogens with one attached hydrogen (secondary N) is 2. The Labute approximate surface area is 327 Å². The summed E-state index contributed by atoms with van der Waals surface area (Å²) < 4.78 is 5.87. The van der Waals surface area contributed by atoms with Gasteiger partial charge in [0.25, 0.3) is 5.91 Å². The molecule has 0 heterocycles. The average Bonchev–Trinajstić information content (AvgIpc) is 3.19. The molecule has 1 saturated carbocycles. The Bertz CT molecular complexity index is 1750. The quantitative estimate of drug-likeness (QED) is 0.0974. The number of aliphatic hydroxyl groups excluding tert-OH is 1. The predicted octanol–water partition coefficient (Wildman–Crippen LogP) is 7.66. The van der Waals surface area contributed by atoms with Gasteiger partial charge in [-0.15, -0.1) is 0 Å². The normalized spacial score (nSPS) is 16.5. The van der Waals surface area contributed by atoms with E-state index in [1.165, 1.54) is 6.92 Å². The Morgan fingerprint density at radius 3 is 2.27 bits per heavy atom. The molecular weight excluding hydrogens is 693 g/mol. The van der Waals surface area contributed by atoms with Crippen LogP contribution in [0.1, 0.15) is 110 Å². The van der Waals surface area contributed by atoms with Gasteiger partial charge in [-0.05, 0) is 66.0 Å². The number of ether oxygens (including phenoxy) is 1. The van der Waals surface area contributed by atoms with Gasteiger partial charge in [0.2, 0.25) is 11.8 Å². The highest BCUT2D eigenvalue weighted by atomic mass is 16.6. The highest BCUT2D eigenvalue weighted by Crippen LogP contribution is 2.40. The SMILES string of the molecule is CCCC[C@](C(=O)N[C@@H](CC1CCCCC1)[C@@H](O)C=C(CC)C(=O)NCC(C)C)(c1cccc2ccccc12)N(C(=O)OCc1ccccc1)C(=O)[C@H](C)N. The van der Waals surface area contributed by atoms with Gasteiger partial charge in [-0.25, -0.2) is 9.69 Å². The minimum atomic E-state index is -1.92. The number of amides is 4. The molecule has 3 aromatic rings. The molecule has 0 radical (unpaired) electrons. The van der Waals surface area contributed by atoms with Gasteiger partial charge in [-0.1, -0.05) is 145 Å². The number of nitrogens with two attached hydrogens (primary N) is 1. The maximum atomic E-state index is 15.6. The Morgan fingerprint density at radius 1 is 0.945 bits per heavy atom. The van der Waals surface area contributed by atoms with Crippen LogP contribution in [0.25, 0.3) is 10.8 Å². The fourth-order valence-electron chi connectivity index (χ4n) is 7.58. The summed E-state index contributed by atoms with van der Waals surface area (Å²) in [5, 5.41) is 19.6. The van der Waals surface area contributed by atoms with Crippen molar-refractivity contribution in [3.05, 3.63) is 95.6 Å². The molecule has 5 N–H and O–H groups in total. The molecule has 10 heteroatoms. The number of benzene rings is 3. The Kier molecular flexibility index (Phi) is 16.5. The number of carbonyl (C=O) groups is 4. The van der Waals surface area contributed by atoms with Gasteiger partial charge in [0.05, 0.1) is 18.2 Å². The zero-order chi connectivity index (χ0) is 40.0. The van der Waals surface area contributed by atoms with E-state index in [-0.39, 0.29) is 30.8 Å². The van der Waals surface area contributed by atoms with E-state index in [1.807, 2.05) is 94.4 Å². The lowest BCUT2D eigenvalue weighted by atomic mass is 9.78. The van der Waals surface area contributed by atoms with Crippen LogP contribution in [0.2, 0.25) is 0 Å². The number of imide groups is 1. The molecule has 10 nitrogen and oxygen atoms in total. The van der Waals surface area contributed by atoms with Crippen LogP contribution in [0, 0.1) is 11.8 Å². The molecule has 4 rings (SSSR count). The lowest BCUT2D eigenvalue weighted by molar-refractivity contribution is -0.148. The number of hydrogen-bond donors (Lipinski definition) is 4. The lowest BCUT2D eigenvalue weighted by Gasteiger charge is -2.43. The van der Waals surface area contributed by atoms with E-state index in [0.29, 0.717) is 54.3 Å². The Balaban J connectivity index is 1.91. The summed E-state index contributed by atoms with van der Waals surface area (Å²) in [6.45, 7) is 9.71. The van der Waals surface area contributed by atoms with Gasteiger partial charge < -0.3 is 26.2 Å². The van der Waals surface area contributed by atoms with E-state index >= 15 is 4.79 Å². The smallest absolute Gasteiger partial charge is 0.418 e. The predicted molar refractivity (Wildman–Crippen MR) is 218 cm³/mol. The summed E-state index contributed by atoms with van der Waals surface area (Å²) in [5.41, 5.74) is 5.95. The van der Waals surface area contributed by atoms with Gasteiger partial charge >= 0.3 is 6.09 Å². The largest absolute Gasteiger partial charge is 0.444 e. The van der Waals surface area contributed by atoms with Crippen LogP contribution in [0.4, 0.5) is 4.79 Å². The van der Waals surface area contributed by atoms with E-state index in [0.717, 1.165) is 42.4 Å². The molecule has 3 aromatic carbocycles. The molecule has 0 aliphatic heterocycles. The van der Waals surface area contributed by atoms with Crippen LogP contribution in [0.15, 0.2) is 84.4 Å². The van der Waals surface area contributed by atoms with Gasteiger partial charge in [0.1, 0.15) is 6.61 Å². The molecule has 55 heavy (non-hydrogen) atoms. The summed E-state index contributed by atoms with van der Waals surface area (Å²) in [7, 11) is 0. The fraction of sp³-hybridized carbons (Fsp3) is 0.511. The molecule has 1 fully saturated rings. The summed E-state index contributed by atoms with van der Waals surface area (Å²) in [5.74, 6) is -1.19. The van der Waals surface area contributed by atoms with E-state index in [9.17, 15) is 19.5 Å². The van der Waals surface area contributed by atoms with E-state index in [1.54, 1.807) is 12.1 Å². The van der Waals surface area contributed by atoms with Crippen molar-refractivity contribution >= 4 is 34.6 Å². The molecule has 1 aliphatic rings. The third-order valence-electron chi connectivity index (χ3n) is 10.6. The third-order valence-corrected chi connectivity index (χ3v) is 10.6. The molecule has 0 spiro atoms. The zero-order valence-corrected chi connectivity index (χ0v) is 33.4. The maximum Gasteiger partial charge on any atom is 0.418 e. The minimum Gasteiger partial charge on any atom is -0.444 e. The van der Waals surface area contributed by atoms with Crippen LogP contribution >= 0.6 is 0 Å². The van der Waals surface area contributed by atoms with Crippen molar-refractivity contribution in [2.75, 3.05) is 6.54 Å². The second kappa shape index (κ2) is 20.9. The van der Waals surface area contributed by atoms with Crippen molar-refractivity contribution in [3.63, 3.8) is 0 Å². The summed E-state index contributed by atoms with van der Waals surface area (Å²) in [4.78, 5) is 58.8. The summed E-state index contributed by atoms with van der Waals surface area (Å²) in [6.07, 6.45) is 6.48. The topological polar surface area (TPSA) is 151 Å². The number of unbranched alkanes of at least 4 members (excludes halogenated alkanes) is 1. The summed E-state index contributed by atoms with van der Waals surface area (Å²) in [6, 6.07) is 20.2. The van der Waals surface area contributed by atoms with Gasteiger partial charge in [0, 0.05) is 12.1 Å². The van der Waals surface area contributed by atoms with E-state index < -0.39 is 41.6 Å². The Morgan fingerprint density at radius 2 is 1.62 bits per heavy atom. The van der Waals surface area contributed by atoms with Gasteiger partial charge in [0.15, 0.2) is 5.54 Å². The van der Waals surface area contributed by atoms with Crippen molar-refractivity contribution in [2.24, 2.45) is 17.6 Å². The molecule has 1 aliphatic carbocycles. The number of carbonyl (C=O) groups excluding carboxylic acids is 4. The van der Waals surface area contributed by atoms with Crippen LogP contribution in [0.3, 0.4) is 0 Å². The number of fused-ring (bicyclic) bond motifs is 1. The minimum absolute atomic E-state index is 0.0716. The average molecular weight is 755 g/mol. The van der Waals surface area contributed by atoms with Crippen molar-refractivity contribution in [2.45, 2.75) is 129 Å². The van der Waals surface area contributed by atoms with Crippen molar-refractivity contribution in [1.82, 2.24) is 15.5 Å². The van der Waals surface area contributed by atoms with Crippen LogP contribution in [0.5, 0.6) is 0 Å². The first-order valence-corrected chi connectivity index (χ1v) is 20.2. The molecule has 4 amide bonds. The number of aliphatic hydroxyl groups is 1. The second-order valence-corrected chi connectivity index (χ2v) is 15.5. The van der Waals surface area contributed by atoms with Gasteiger partial charge in [-0.3, -0.25) is 14.4 Å². The van der Waals surface area contributed by atoms with Crippen LogP contribution in [-0.2, 0) is 31.3 Å². The molecule has 4 atom stereocenters. The zero-order valence-electron chi connectivity index (χ0n) is 33.4. The van der Waals surface area contributed by atoms with Crippen molar-refractivity contribution in [3.8, 4) is 0 Å². The Hall–Kier alpha value is -4.54. The molecular formula is C45H62N4O6. The van der Waals surface area contributed by atoms with Crippen LogP contribution in [-0.4, -0.2) is 58.6 Å². The second-order valence-electron chi connectivity index (χ2n) is 15.5. The number of rotatable bonds is 18. The monoisotopic (exact) mass is 754 g/mol. The molecule has 0 bridgehead atoms. The number of hydrogen-bond acceptors (Lipinski definition) is 7. The highest BCUT2D eigenvalue weighted by Gasteiger charge is 2.53. The summed E-state index contributed by atoms with van der Waals surface area (Å²) >= 11 is 0. The first-order chi connectivity index (χ1) is 26.4. The molecule has 298 valence electrons. The highest BCUT2D eigenvalue weighted by molar-refractivity contribution is 6.05. The van der Waals surface area contributed by atoms with E-state index in [2.05, 4.69) is 10.6 Å². The molecule has 0 saturated heterocycles. The first kappa shape index (κ1) is 43.2. The molecule has 0 unspecified atom stereocenters. The van der Waals surface area contributed by atoms with Crippen molar-refractivity contribution in [1.29, 1.82) is 0 Å². The number of nitrogens with zero attached hydrogens (tertiary/aromatic N) is 1. The first-order valence-electron chi connectivity index (χ1n) is 20.2. The molecule has 0 aromatic heterocycles. The fourth-order valence-corrected chi connectivity index (χ4v) is 7.58. The van der Waals surface area contributed by atoms with Crippen molar-refractivity contribution < 1.29 is 29.0 Å². The van der Waals surface area contributed by atoms with Gasteiger partial charge in [-0.2, -0.15) is 0 Å².